The fraction of sp³-hybridized carbons (Fsp3) is 0.833. The van der Waals surface area contributed by atoms with E-state index >= 15 is 0 Å². The number of likely N-dealkylation sites (N-methyl/N-ethyl adjacent to an activating group) is 1. The molecule has 0 radical (unpaired) electrons. The molecule has 1 atom stereocenters. The van der Waals surface area contributed by atoms with E-state index in [1.165, 1.54) is 17.7 Å². The highest BCUT2D eigenvalue weighted by molar-refractivity contribution is 6.36. The Morgan fingerprint density at radius 1 is 1.44 bits per heavy atom. The van der Waals surface area contributed by atoms with Crippen molar-refractivity contribution < 1.29 is 9.59 Å². The topological polar surface area (TPSA) is 49.4 Å². The van der Waals surface area contributed by atoms with E-state index in [1.807, 2.05) is 6.92 Å². The van der Waals surface area contributed by atoms with Crippen LogP contribution in [-0.4, -0.2) is 42.8 Å². The molecule has 1 saturated carbocycles. The van der Waals surface area contributed by atoms with Crippen molar-refractivity contribution in [3.05, 3.63) is 0 Å². The van der Waals surface area contributed by atoms with Crippen LogP contribution < -0.4 is 5.32 Å². The highest BCUT2D eigenvalue weighted by atomic mass is 16.2. The number of carbonyl (C=O) groups excluding carboxylic acids is 2. The van der Waals surface area contributed by atoms with Crippen molar-refractivity contribution in [2.24, 2.45) is 5.92 Å². The molecule has 0 saturated heterocycles. The Balaban J connectivity index is 2.25. The molecule has 1 unspecified atom stereocenters. The van der Waals surface area contributed by atoms with Crippen LogP contribution in [0.2, 0.25) is 0 Å². The molecule has 1 rings (SSSR count). The normalized spacial score (nSPS) is 16.9. The maximum Gasteiger partial charge on any atom is 0.290 e. The number of amides is 1. The second-order valence-electron chi connectivity index (χ2n) is 4.63. The quantitative estimate of drug-likeness (QED) is 0.654. The van der Waals surface area contributed by atoms with Crippen LogP contribution in [0.4, 0.5) is 0 Å². The van der Waals surface area contributed by atoms with Gasteiger partial charge in [0, 0.05) is 32.1 Å². The molecule has 0 spiro atoms. The summed E-state index contributed by atoms with van der Waals surface area (Å²) >= 11 is 0. The summed E-state index contributed by atoms with van der Waals surface area (Å²) in [6, 6.07) is 0.647. The molecule has 1 aliphatic carbocycles. The van der Waals surface area contributed by atoms with Crippen LogP contribution in [0.25, 0.3) is 0 Å². The van der Waals surface area contributed by atoms with E-state index in [1.54, 1.807) is 14.0 Å². The molecule has 1 fully saturated rings. The second kappa shape index (κ2) is 5.99. The monoisotopic (exact) mass is 226 g/mol. The van der Waals surface area contributed by atoms with Crippen molar-refractivity contribution in [2.75, 3.05) is 20.1 Å². The van der Waals surface area contributed by atoms with Gasteiger partial charge in [-0.2, -0.15) is 0 Å². The fourth-order valence-corrected chi connectivity index (χ4v) is 1.41. The smallest absolute Gasteiger partial charge is 0.290 e. The molecule has 1 aliphatic rings. The Morgan fingerprint density at radius 3 is 2.56 bits per heavy atom. The van der Waals surface area contributed by atoms with Crippen LogP contribution >= 0.6 is 0 Å². The van der Waals surface area contributed by atoms with Crippen molar-refractivity contribution in [2.45, 2.75) is 39.2 Å². The van der Waals surface area contributed by atoms with Gasteiger partial charge in [-0.05, 0) is 19.3 Å². The zero-order chi connectivity index (χ0) is 12.1. The third kappa shape index (κ3) is 3.93. The van der Waals surface area contributed by atoms with Gasteiger partial charge in [0.15, 0.2) is 0 Å². The Bertz CT molecular complexity index is 262. The number of hydrogen-bond acceptors (Lipinski definition) is 3. The minimum absolute atomic E-state index is 0.161. The minimum atomic E-state index is -0.355. The first-order chi connectivity index (χ1) is 7.56. The molecule has 4 nitrogen and oxygen atoms in total. The Kier molecular flexibility index (Phi) is 4.93. The number of carbonyl (C=O) groups is 2. The van der Waals surface area contributed by atoms with Crippen LogP contribution in [0.5, 0.6) is 0 Å². The summed E-state index contributed by atoms with van der Waals surface area (Å²) in [5.41, 5.74) is 0. The van der Waals surface area contributed by atoms with E-state index in [-0.39, 0.29) is 17.6 Å². The van der Waals surface area contributed by atoms with Gasteiger partial charge in [0.2, 0.25) is 5.78 Å². The average molecular weight is 226 g/mol. The molecule has 1 N–H and O–H groups in total. The van der Waals surface area contributed by atoms with Crippen molar-refractivity contribution >= 4 is 11.7 Å². The van der Waals surface area contributed by atoms with Gasteiger partial charge in [0.1, 0.15) is 0 Å². The summed E-state index contributed by atoms with van der Waals surface area (Å²) in [6.45, 7) is 5.11. The molecule has 4 heteroatoms. The summed E-state index contributed by atoms with van der Waals surface area (Å²) in [4.78, 5) is 24.8. The SMILES string of the molecule is CCC(C)C(=O)C(=O)N(C)CCNC1CC1. The first-order valence-corrected chi connectivity index (χ1v) is 6.09. The van der Waals surface area contributed by atoms with E-state index in [2.05, 4.69) is 5.32 Å². The third-order valence-corrected chi connectivity index (χ3v) is 3.08. The van der Waals surface area contributed by atoms with E-state index in [4.69, 9.17) is 0 Å². The van der Waals surface area contributed by atoms with Gasteiger partial charge in [-0.15, -0.1) is 0 Å². The first-order valence-electron chi connectivity index (χ1n) is 6.09. The fourth-order valence-electron chi connectivity index (χ4n) is 1.41. The summed E-state index contributed by atoms with van der Waals surface area (Å²) in [6.07, 6.45) is 3.20. The number of nitrogens with one attached hydrogen (secondary N) is 1. The average Bonchev–Trinajstić information content (AvgIpc) is 3.09. The van der Waals surface area contributed by atoms with Crippen molar-refractivity contribution in [3.8, 4) is 0 Å². The number of nitrogens with zero attached hydrogens (tertiary/aromatic N) is 1. The molecule has 1 amide bonds. The van der Waals surface area contributed by atoms with E-state index in [0.717, 1.165) is 13.0 Å². The van der Waals surface area contributed by atoms with Gasteiger partial charge in [0.25, 0.3) is 5.91 Å². The molecule has 0 heterocycles. The van der Waals surface area contributed by atoms with Crippen molar-refractivity contribution in [3.63, 3.8) is 0 Å². The Morgan fingerprint density at radius 2 is 2.06 bits per heavy atom. The molecular weight excluding hydrogens is 204 g/mol. The van der Waals surface area contributed by atoms with E-state index < -0.39 is 0 Å². The second-order valence-corrected chi connectivity index (χ2v) is 4.63. The molecule has 0 aliphatic heterocycles. The summed E-state index contributed by atoms with van der Waals surface area (Å²) in [5.74, 6) is -0.783. The first kappa shape index (κ1) is 13.2. The van der Waals surface area contributed by atoms with Gasteiger partial charge < -0.3 is 10.2 Å². The van der Waals surface area contributed by atoms with Crippen molar-refractivity contribution in [1.82, 2.24) is 10.2 Å². The van der Waals surface area contributed by atoms with Gasteiger partial charge in [-0.3, -0.25) is 9.59 Å². The maximum atomic E-state index is 11.7. The van der Waals surface area contributed by atoms with Crippen molar-refractivity contribution in [1.29, 1.82) is 0 Å². The van der Waals surface area contributed by atoms with Crippen LogP contribution in [0.1, 0.15) is 33.1 Å². The Labute approximate surface area is 97.4 Å². The van der Waals surface area contributed by atoms with Gasteiger partial charge >= 0.3 is 0 Å². The molecule has 16 heavy (non-hydrogen) atoms. The molecule has 0 aromatic carbocycles. The predicted molar refractivity (Wildman–Crippen MR) is 63.1 cm³/mol. The van der Waals surface area contributed by atoms with Crippen LogP contribution in [0, 0.1) is 5.92 Å². The minimum Gasteiger partial charge on any atom is -0.338 e. The lowest BCUT2D eigenvalue weighted by Gasteiger charge is -2.18. The highest BCUT2D eigenvalue weighted by Crippen LogP contribution is 2.17. The van der Waals surface area contributed by atoms with Crippen LogP contribution in [0.15, 0.2) is 0 Å². The third-order valence-electron chi connectivity index (χ3n) is 3.08. The molecule has 0 aromatic rings. The van der Waals surface area contributed by atoms with E-state index in [0.29, 0.717) is 12.6 Å². The number of ketones is 1. The van der Waals surface area contributed by atoms with Gasteiger partial charge in [-0.25, -0.2) is 0 Å². The maximum absolute atomic E-state index is 11.7. The lowest BCUT2D eigenvalue weighted by molar-refractivity contribution is -0.145. The van der Waals surface area contributed by atoms with Crippen LogP contribution in [0.3, 0.4) is 0 Å². The summed E-state index contributed by atoms with van der Waals surface area (Å²) in [7, 11) is 1.69. The van der Waals surface area contributed by atoms with Gasteiger partial charge in [0.05, 0.1) is 0 Å². The summed E-state index contributed by atoms with van der Waals surface area (Å²) < 4.78 is 0. The lowest BCUT2D eigenvalue weighted by atomic mass is 10.0. The van der Waals surface area contributed by atoms with E-state index in [9.17, 15) is 9.59 Å². The van der Waals surface area contributed by atoms with Gasteiger partial charge in [-0.1, -0.05) is 13.8 Å². The zero-order valence-electron chi connectivity index (χ0n) is 10.5. The molecular formula is C12H22N2O2. The number of Topliss-reactive ketones (excluding diaryl/α,β-unsaturated/α-hetero) is 1. The molecule has 0 aromatic heterocycles. The molecule has 0 bridgehead atoms. The number of rotatable bonds is 7. The zero-order valence-corrected chi connectivity index (χ0v) is 10.5. The predicted octanol–water partition coefficient (Wildman–Crippen LogP) is 0.812. The summed E-state index contributed by atoms with van der Waals surface area (Å²) in [5, 5.41) is 3.32. The molecule has 92 valence electrons. The lowest BCUT2D eigenvalue weighted by Crippen LogP contribution is -2.40. The largest absolute Gasteiger partial charge is 0.338 e. The standard InChI is InChI=1S/C12H22N2O2/c1-4-9(2)11(15)12(16)14(3)8-7-13-10-5-6-10/h9-10,13H,4-8H2,1-3H3. The Hall–Kier alpha value is -0.900. The highest BCUT2D eigenvalue weighted by Gasteiger charge is 2.24. The number of hydrogen-bond donors (Lipinski definition) is 1. The van der Waals surface area contributed by atoms with Crippen LogP contribution in [-0.2, 0) is 9.59 Å².